The number of alkyl halides is 1. The highest BCUT2D eigenvalue weighted by Crippen LogP contribution is 2.76. The van der Waals surface area contributed by atoms with Gasteiger partial charge in [-0.2, -0.15) is 0 Å². The van der Waals surface area contributed by atoms with E-state index < -0.39 is 7.52 Å². The molecule has 1 saturated heterocycles. The van der Waals surface area contributed by atoms with E-state index in [1.165, 1.54) is 12.8 Å². The first-order valence-electron chi connectivity index (χ1n) is 7.31. The van der Waals surface area contributed by atoms with Crippen molar-refractivity contribution in [1.29, 1.82) is 0 Å². The Labute approximate surface area is 121 Å². The Kier molecular flexibility index (Phi) is 3.03. The molecule has 0 aromatic heterocycles. The number of halogens is 1. The highest BCUT2D eigenvalue weighted by molar-refractivity contribution is 7.58. The maximum Gasteiger partial charge on any atom is 0.287 e. The van der Waals surface area contributed by atoms with Crippen molar-refractivity contribution in [1.82, 2.24) is 4.67 Å². The van der Waals surface area contributed by atoms with Crippen LogP contribution in [0.4, 0.5) is 0 Å². The monoisotopic (exact) mass is 305 g/mol. The molecule has 2 aliphatic carbocycles. The van der Waals surface area contributed by atoms with E-state index in [2.05, 4.69) is 39.3 Å². The van der Waals surface area contributed by atoms with Gasteiger partial charge in [-0.05, 0) is 38.0 Å². The third-order valence-corrected chi connectivity index (χ3v) is 9.54. The van der Waals surface area contributed by atoms with E-state index in [0.29, 0.717) is 12.0 Å². The van der Waals surface area contributed by atoms with Gasteiger partial charge in [0.05, 0.1) is 6.10 Å². The molecule has 3 aliphatic rings. The molecule has 0 aromatic carbocycles. The molecule has 3 fully saturated rings. The van der Waals surface area contributed by atoms with E-state index in [-0.39, 0.29) is 28.6 Å². The molecule has 0 amide bonds. The van der Waals surface area contributed by atoms with Crippen molar-refractivity contribution in [3.63, 3.8) is 0 Å². The summed E-state index contributed by atoms with van der Waals surface area (Å²) in [6, 6.07) is 0.511. The first-order valence-corrected chi connectivity index (χ1v) is 9.61. The molecule has 0 spiro atoms. The van der Waals surface area contributed by atoms with Crippen molar-refractivity contribution in [2.45, 2.75) is 65.6 Å². The molecule has 1 aliphatic heterocycles. The van der Waals surface area contributed by atoms with Crippen LogP contribution in [-0.2, 0) is 9.09 Å². The van der Waals surface area contributed by atoms with Crippen LogP contribution < -0.4 is 0 Å². The Balaban J connectivity index is 2.08. The van der Waals surface area contributed by atoms with Crippen molar-refractivity contribution in [3.8, 4) is 0 Å². The average Bonchev–Trinajstić information content (AvgIpc) is 2.79. The Morgan fingerprint density at radius 2 is 2.05 bits per heavy atom. The second-order valence-electron chi connectivity index (χ2n) is 7.53. The summed E-state index contributed by atoms with van der Waals surface area (Å²) < 4.78 is 21.3. The van der Waals surface area contributed by atoms with Crippen LogP contribution >= 0.6 is 19.1 Å². The fourth-order valence-corrected chi connectivity index (χ4v) is 7.91. The first kappa shape index (κ1) is 14.4. The summed E-state index contributed by atoms with van der Waals surface area (Å²) in [6.07, 6.45) is 2.49. The molecule has 1 unspecified atom stereocenters. The van der Waals surface area contributed by atoms with Gasteiger partial charge in [-0.3, -0.25) is 4.57 Å². The maximum absolute atomic E-state index is 13.0. The van der Waals surface area contributed by atoms with Gasteiger partial charge < -0.3 is 4.52 Å². The molecular weight excluding hydrogens is 281 g/mol. The summed E-state index contributed by atoms with van der Waals surface area (Å²) in [5.74, 6) is 0.573. The minimum Gasteiger partial charge on any atom is -0.311 e. The topological polar surface area (TPSA) is 29.5 Å². The molecular formula is C14H25ClNO2P. The molecule has 3 rings (SSSR count). The summed E-state index contributed by atoms with van der Waals surface area (Å²) in [5.41, 5.74) is 0.502. The SMILES string of the molecule is CC(C)N1[C@@H]2[C@H]3CC[C@@](C)([C@@H]2OP1(=O)CCl)C3(C)C. The summed E-state index contributed by atoms with van der Waals surface area (Å²) in [6.45, 7) is 11.2. The zero-order valence-electron chi connectivity index (χ0n) is 12.5. The fraction of sp³-hybridized carbons (Fsp3) is 1.00. The van der Waals surface area contributed by atoms with Crippen molar-refractivity contribution >= 4 is 19.1 Å². The third kappa shape index (κ3) is 1.51. The van der Waals surface area contributed by atoms with Gasteiger partial charge >= 0.3 is 0 Å². The minimum atomic E-state index is -2.83. The van der Waals surface area contributed by atoms with Crippen LogP contribution in [-0.4, -0.2) is 28.5 Å². The van der Waals surface area contributed by atoms with Crippen molar-refractivity contribution < 1.29 is 9.09 Å². The minimum absolute atomic E-state index is 0.0910. The molecule has 110 valence electrons. The van der Waals surface area contributed by atoms with Crippen LogP contribution in [0.2, 0.25) is 0 Å². The zero-order chi connectivity index (χ0) is 14.2. The predicted molar refractivity (Wildman–Crippen MR) is 78.6 cm³/mol. The largest absolute Gasteiger partial charge is 0.311 e. The van der Waals surface area contributed by atoms with Gasteiger partial charge in [0.1, 0.15) is 5.62 Å². The van der Waals surface area contributed by atoms with E-state index in [9.17, 15) is 4.57 Å². The Morgan fingerprint density at radius 3 is 2.58 bits per heavy atom. The smallest absolute Gasteiger partial charge is 0.287 e. The quantitative estimate of drug-likeness (QED) is 0.562. The van der Waals surface area contributed by atoms with Gasteiger partial charge in [-0.25, -0.2) is 4.67 Å². The van der Waals surface area contributed by atoms with Crippen LogP contribution in [0.15, 0.2) is 0 Å². The van der Waals surface area contributed by atoms with Gasteiger partial charge in [0.15, 0.2) is 0 Å². The van der Waals surface area contributed by atoms with E-state index in [1.807, 2.05) is 0 Å². The van der Waals surface area contributed by atoms with Gasteiger partial charge in [0.25, 0.3) is 7.52 Å². The third-order valence-electron chi connectivity index (χ3n) is 6.34. The van der Waals surface area contributed by atoms with Crippen LogP contribution in [0, 0.1) is 16.7 Å². The molecule has 0 aromatic rings. The summed E-state index contributed by atoms with van der Waals surface area (Å²) in [4.78, 5) is 0. The van der Waals surface area contributed by atoms with Crippen molar-refractivity contribution in [2.24, 2.45) is 16.7 Å². The summed E-state index contributed by atoms with van der Waals surface area (Å²) >= 11 is 6.00. The van der Waals surface area contributed by atoms with Crippen LogP contribution in [0.1, 0.15) is 47.5 Å². The summed E-state index contributed by atoms with van der Waals surface area (Å²) in [7, 11) is -2.83. The standard InChI is InChI=1S/C14H25ClNO2P/c1-9(2)16-11-10-6-7-14(5,13(10,3)4)12(11)18-19(16,17)8-15/h9-12H,6-8H2,1-5H3/t10-,11-,12-,14+,19?/m1/s1. The number of hydrogen-bond acceptors (Lipinski definition) is 2. The van der Waals surface area contributed by atoms with E-state index in [4.69, 9.17) is 16.1 Å². The lowest BCUT2D eigenvalue weighted by atomic mass is 9.70. The molecule has 3 nitrogen and oxygen atoms in total. The molecule has 19 heavy (non-hydrogen) atoms. The zero-order valence-corrected chi connectivity index (χ0v) is 14.2. The molecule has 5 heteroatoms. The predicted octanol–water partition coefficient (Wildman–Crippen LogP) is 4.31. The van der Waals surface area contributed by atoms with Gasteiger partial charge in [-0.15, -0.1) is 11.6 Å². The number of hydrogen-bond donors (Lipinski definition) is 0. The van der Waals surface area contributed by atoms with Crippen LogP contribution in [0.25, 0.3) is 0 Å². The molecule has 0 N–H and O–H groups in total. The second kappa shape index (κ2) is 4.00. The molecule has 2 saturated carbocycles. The van der Waals surface area contributed by atoms with Crippen molar-refractivity contribution in [3.05, 3.63) is 0 Å². The average molecular weight is 306 g/mol. The van der Waals surface area contributed by atoms with Crippen LogP contribution in [0.3, 0.4) is 0 Å². The van der Waals surface area contributed by atoms with Crippen molar-refractivity contribution in [2.75, 3.05) is 5.62 Å². The van der Waals surface area contributed by atoms with E-state index in [1.54, 1.807) is 0 Å². The first-order chi connectivity index (χ1) is 8.69. The Hall–Kier alpha value is 0.440. The Bertz CT molecular complexity index is 453. The highest BCUT2D eigenvalue weighted by Gasteiger charge is 2.73. The second-order valence-corrected chi connectivity index (χ2v) is 10.4. The lowest BCUT2D eigenvalue weighted by Gasteiger charge is -2.38. The van der Waals surface area contributed by atoms with E-state index >= 15 is 0 Å². The fourth-order valence-electron chi connectivity index (χ4n) is 4.98. The molecule has 1 heterocycles. The van der Waals surface area contributed by atoms with Gasteiger partial charge in [-0.1, -0.05) is 20.8 Å². The number of nitrogens with zero attached hydrogens (tertiary/aromatic N) is 1. The number of fused-ring (bicyclic) bond motifs is 5. The lowest BCUT2D eigenvalue weighted by Crippen LogP contribution is -2.44. The molecule has 5 atom stereocenters. The normalized spacial score (nSPS) is 52.1. The maximum atomic E-state index is 13.0. The molecule has 2 bridgehead atoms. The van der Waals surface area contributed by atoms with Crippen LogP contribution in [0.5, 0.6) is 0 Å². The van der Waals surface area contributed by atoms with Gasteiger partial charge in [0, 0.05) is 17.5 Å². The summed E-state index contributed by atoms with van der Waals surface area (Å²) in [5, 5.41) is 0. The Morgan fingerprint density at radius 1 is 1.42 bits per heavy atom. The number of rotatable bonds is 2. The van der Waals surface area contributed by atoms with E-state index in [0.717, 1.165) is 0 Å². The molecule has 0 radical (unpaired) electrons. The lowest BCUT2D eigenvalue weighted by molar-refractivity contribution is 0.0362. The highest BCUT2D eigenvalue weighted by atomic mass is 35.5. The van der Waals surface area contributed by atoms with Gasteiger partial charge in [0.2, 0.25) is 0 Å².